The molecule has 0 N–H and O–H groups in total. The fourth-order valence-corrected chi connectivity index (χ4v) is 4.40. The van der Waals surface area contributed by atoms with Crippen LogP contribution in [0.3, 0.4) is 0 Å². The summed E-state index contributed by atoms with van der Waals surface area (Å²) in [5, 5.41) is 0. The maximum atomic E-state index is 12.2. The van der Waals surface area contributed by atoms with Crippen LogP contribution in [0.25, 0.3) is 0 Å². The van der Waals surface area contributed by atoms with Gasteiger partial charge in [0.15, 0.2) is 0 Å². The largest absolute Gasteiger partial charge is 0.458 e. The van der Waals surface area contributed by atoms with E-state index >= 15 is 0 Å². The van der Waals surface area contributed by atoms with E-state index in [0.717, 1.165) is 19.3 Å². The van der Waals surface area contributed by atoms with Gasteiger partial charge < -0.3 is 4.74 Å². The van der Waals surface area contributed by atoms with Crippen molar-refractivity contribution < 1.29 is 14.3 Å². The molecule has 0 unspecified atom stereocenters. The average molecular weight is 248 g/mol. The van der Waals surface area contributed by atoms with Crippen molar-refractivity contribution in [3.63, 3.8) is 0 Å². The minimum Gasteiger partial charge on any atom is -0.458 e. The molecule has 0 aromatic heterocycles. The van der Waals surface area contributed by atoms with Crippen LogP contribution in [-0.4, -0.2) is 17.9 Å². The van der Waals surface area contributed by atoms with Gasteiger partial charge >= 0.3 is 5.97 Å². The summed E-state index contributed by atoms with van der Waals surface area (Å²) in [6.07, 6.45) is 3.27. The molecule has 1 heterocycles. The van der Waals surface area contributed by atoms with Crippen LogP contribution in [0.2, 0.25) is 0 Å². The zero-order valence-corrected chi connectivity index (χ0v) is 11.1. The Labute approximate surface area is 108 Å². The number of hydrogen-bond acceptors (Lipinski definition) is 3. The predicted molar refractivity (Wildman–Crippen MR) is 66.7 cm³/mol. The monoisotopic (exact) mass is 248 g/mol. The first-order chi connectivity index (χ1) is 8.43. The molecule has 0 bridgehead atoms. The molecule has 3 rings (SSSR count). The van der Waals surface area contributed by atoms with Crippen molar-refractivity contribution in [2.45, 2.75) is 45.6 Å². The summed E-state index contributed by atoms with van der Waals surface area (Å²) in [4.78, 5) is 23.9. The molecule has 0 spiro atoms. The van der Waals surface area contributed by atoms with Crippen molar-refractivity contribution in [1.29, 1.82) is 0 Å². The first-order valence-electron chi connectivity index (χ1n) is 6.86. The van der Waals surface area contributed by atoms with Gasteiger partial charge in [-0.2, -0.15) is 0 Å². The lowest BCUT2D eigenvalue weighted by Gasteiger charge is -2.32. The Morgan fingerprint density at radius 1 is 1.39 bits per heavy atom. The van der Waals surface area contributed by atoms with Gasteiger partial charge in [0, 0.05) is 23.3 Å². The molecule has 3 fully saturated rings. The molecular formula is C15H20O3. The smallest absolute Gasteiger partial charge is 0.334 e. The van der Waals surface area contributed by atoms with Crippen LogP contribution in [0.4, 0.5) is 0 Å². The molecule has 3 aliphatic rings. The molecule has 0 aromatic carbocycles. The van der Waals surface area contributed by atoms with Crippen LogP contribution in [0, 0.1) is 23.2 Å². The van der Waals surface area contributed by atoms with Crippen molar-refractivity contribution in [3.05, 3.63) is 12.2 Å². The number of carbonyl (C=O) groups excluding carboxylic acids is 2. The highest BCUT2D eigenvalue weighted by Crippen LogP contribution is 2.55. The molecule has 0 radical (unpaired) electrons. The van der Waals surface area contributed by atoms with E-state index in [1.54, 1.807) is 0 Å². The van der Waals surface area contributed by atoms with Crippen LogP contribution < -0.4 is 0 Å². The summed E-state index contributed by atoms with van der Waals surface area (Å²) >= 11 is 0. The summed E-state index contributed by atoms with van der Waals surface area (Å²) < 4.78 is 5.42. The van der Waals surface area contributed by atoms with Gasteiger partial charge in [0.1, 0.15) is 11.9 Å². The number of esters is 1. The number of ether oxygens (including phenoxy) is 1. The van der Waals surface area contributed by atoms with Gasteiger partial charge in [-0.1, -0.05) is 20.4 Å². The fourth-order valence-electron chi connectivity index (χ4n) is 4.40. The zero-order chi connectivity index (χ0) is 13.1. The Balaban J connectivity index is 1.98. The molecule has 2 saturated carbocycles. The molecule has 2 aliphatic carbocycles. The molecular weight excluding hydrogens is 228 g/mol. The van der Waals surface area contributed by atoms with E-state index in [9.17, 15) is 9.59 Å². The third-order valence-electron chi connectivity index (χ3n) is 5.49. The Morgan fingerprint density at radius 2 is 2.11 bits per heavy atom. The lowest BCUT2D eigenvalue weighted by Crippen LogP contribution is -2.32. The molecule has 0 aromatic rings. The second kappa shape index (κ2) is 3.69. The topological polar surface area (TPSA) is 43.4 Å². The molecule has 1 aliphatic heterocycles. The number of fused-ring (bicyclic) bond motifs is 2. The standard InChI is InChI=1S/C15H20O3/c1-8-6-12-10(9(2)14(17)18-12)7-15(3)11(8)4-5-13(15)16/h8,10-12H,2,4-7H2,1,3H3/t8-,10-,11-,12+,15+/m1/s1. The molecule has 5 atom stereocenters. The van der Waals surface area contributed by atoms with Crippen LogP contribution in [0.1, 0.15) is 39.5 Å². The Kier molecular flexibility index (Phi) is 2.45. The Morgan fingerprint density at radius 3 is 2.83 bits per heavy atom. The summed E-state index contributed by atoms with van der Waals surface area (Å²) in [5.74, 6) is 1.05. The Bertz CT molecular complexity index is 439. The Hall–Kier alpha value is -1.12. The van der Waals surface area contributed by atoms with Gasteiger partial charge in [0.25, 0.3) is 0 Å². The molecule has 1 saturated heterocycles. The van der Waals surface area contributed by atoms with Gasteiger partial charge in [0.05, 0.1) is 0 Å². The number of carbonyl (C=O) groups is 2. The first kappa shape index (κ1) is 11.9. The maximum absolute atomic E-state index is 12.2. The van der Waals surface area contributed by atoms with E-state index in [1.165, 1.54) is 0 Å². The predicted octanol–water partition coefficient (Wildman–Crippen LogP) is 2.50. The van der Waals surface area contributed by atoms with E-state index in [0.29, 0.717) is 29.6 Å². The number of Topliss-reactive ketones (excluding diaryl/α,β-unsaturated/α-hetero) is 1. The van der Waals surface area contributed by atoms with Gasteiger partial charge in [-0.05, 0) is 31.1 Å². The minimum absolute atomic E-state index is 0.0461. The number of hydrogen-bond donors (Lipinski definition) is 0. The van der Waals surface area contributed by atoms with E-state index in [-0.39, 0.29) is 23.4 Å². The third-order valence-corrected chi connectivity index (χ3v) is 5.49. The average Bonchev–Trinajstić information content (AvgIpc) is 2.69. The van der Waals surface area contributed by atoms with Crippen molar-refractivity contribution in [3.8, 4) is 0 Å². The highest BCUT2D eigenvalue weighted by Gasteiger charge is 2.55. The summed E-state index contributed by atoms with van der Waals surface area (Å²) in [5.41, 5.74) is 0.309. The molecule has 98 valence electrons. The van der Waals surface area contributed by atoms with Crippen molar-refractivity contribution in [2.75, 3.05) is 0 Å². The highest BCUT2D eigenvalue weighted by atomic mass is 16.6. The fraction of sp³-hybridized carbons (Fsp3) is 0.733. The summed E-state index contributed by atoms with van der Waals surface area (Å²) in [6.45, 7) is 8.15. The molecule has 3 nitrogen and oxygen atoms in total. The van der Waals surface area contributed by atoms with Crippen molar-refractivity contribution in [1.82, 2.24) is 0 Å². The zero-order valence-electron chi connectivity index (χ0n) is 11.1. The van der Waals surface area contributed by atoms with Crippen LogP contribution in [0.5, 0.6) is 0 Å². The molecule has 0 amide bonds. The lowest BCUT2D eigenvalue weighted by atomic mass is 9.70. The van der Waals surface area contributed by atoms with E-state index in [2.05, 4.69) is 20.4 Å². The lowest BCUT2D eigenvalue weighted by molar-refractivity contribution is -0.139. The van der Waals surface area contributed by atoms with E-state index in [1.807, 2.05) is 0 Å². The summed E-state index contributed by atoms with van der Waals surface area (Å²) in [6, 6.07) is 0. The maximum Gasteiger partial charge on any atom is 0.334 e. The van der Waals surface area contributed by atoms with E-state index < -0.39 is 0 Å². The number of rotatable bonds is 0. The second-order valence-corrected chi connectivity index (χ2v) is 6.48. The molecule has 18 heavy (non-hydrogen) atoms. The third kappa shape index (κ3) is 1.42. The first-order valence-corrected chi connectivity index (χ1v) is 6.86. The van der Waals surface area contributed by atoms with Crippen molar-refractivity contribution in [2.24, 2.45) is 23.2 Å². The van der Waals surface area contributed by atoms with Gasteiger partial charge in [0.2, 0.25) is 0 Å². The van der Waals surface area contributed by atoms with Crippen LogP contribution in [-0.2, 0) is 14.3 Å². The van der Waals surface area contributed by atoms with Crippen LogP contribution >= 0.6 is 0 Å². The molecule has 3 heteroatoms. The van der Waals surface area contributed by atoms with E-state index in [4.69, 9.17) is 4.74 Å². The number of ketones is 1. The van der Waals surface area contributed by atoms with Gasteiger partial charge in [-0.15, -0.1) is 0 Å². The van der Waals surface area contributed by atoms with Crippen molar-refractivity contribution >= 4 is 11.8 Å². The van der Waals surface area contributed by atoms with Gasteiger partial charge in [-0.25, -0.2) is 4.79 Å². The quantitative estimate of drug-likeness (QED) is 0.488. The summed E-state index contributed by atoms with van der Waals surface area (Å²) in [7, 11) is 0. The normalized spacial score (nSPS) is 47.6. The SMILES string of the molecule is C=C1C(=O)O[C@H]2C[C@@H](C)[C@H]3CCC(=O)[C@@]3(C)C[C@H]12. The minimum atomic E-state index is -0.268. The highest BCUT2D eigenvalue weighted by molar-refractivity contribution is 5.92. The van der Waals surface area contributed by atoms with Crippen LogP contribution in [0.15, 0.2) is 12.2 Å². The van der Waals surface area contributed by atoms with Gasteiger partial charge in [-0.3, -0.25) is 4.79 Å². The second-order valence-electron chi connectivity index (χ2n) is 6.48.